The van der Waals surface area contributed by atoms with Crippen LogP contribution in [0.5, 0.6) is 0 Å². The molecule has 2 amide bonds. The molecule has 11 heteroatoms. The van der Waals surface area contributed by atoms with Crippen LogP contribution in [-0.4, -0.2) is 21.8 Å². The second-order valence-electron chi connectivity index (χ2n) is 6.94. The molecule has 0 bridgehead atoms. The molecule has 7 nitrogen and oxygen atoms in total. The Morgan fingerprint density at radius 2 is 1.97 bits per heavy atom. The lowest BCUT2D eigenvalue weighted by Gasteiger charge is -2.23. The zero-order valence-electron chi connectivity index (χ0n) is 16.2. The molecule has 0 spiro atoms. The second-order valence-corrected chi connectivity index (χ2v) is 8.31. The summed E-state index contributed by atoms with van der Waals surface area (Å²) in [5, 5.41) is 5.04. The molecule has 3 aromatic rings. The fraction of sp³-hybridized carbons (Fsp3) is 0.143. The summed E-state index contributed by atoms with van der Waals surface area (Å²) in [6, 6.07) is 9.84. The van der Waals surface area contributed by atoms with Crippen LogP contribution in [-0.2, 0) is 15.3 Å². The van der Waals surface area contributed by atoms with Crippen LogP contribution in [0.2, 0.25) is 5.02 Å². The van der Waals surface area contributed by atoms with Crippen LogP contribution >= 0.6 is 23.4 Å². The van der Waals surface area contributed by atoms with Gasteiger partial charge in [-0.05, 0) is 29.8 Å². The first-order valence-electron chi connectivity index (χ1n) is 9.38. The zero-order valence-corrected chi connectivity index (χ0v) is 17.8. The molecule has 1 unspecified atom stereocenters. The molecule has 1 aliphatic rings. The number of H-pyrrole nitrogens is 1. The van der Waals surface area contributed by atoms with Crippen LogP contribution in [0.1, 0.15) is 23.5 Å². The number of anilines is 2. The fourth-order valence-corrected chi connectivity index (χ4v) is 4.24. The molecule has 4 rings (SSSR count). The molecule has 1 aromatic heterocycles. The summed E-state index contributed by atoms with van der Waals surface area (Å²) in [6.45, 7) is 0. The Morgan fingerprint density at radius 3 is 2.72 bits per heavy atom. The third-order valence-corrected chi connectivity index (χ3v) is 5.97. The summed E-state index contributed by atoms with van der Waals surface area (Å²) < 4.78 is 27.2. The minimum atomic E-state index is -1.11. The number of nitrogens with one attached hydrogen (secondary N) is 3. The third-order valence-electron chi connectivity index (χ3n) is 4.76. The van der Waals surface area contributed by atoms with E-state index in [-0.39, 0.29) is 45.2 Å². The van der Waals surface area contributed by atoms with E-state index in [0.29, 0.717) is 5.56 Å². The average molecular weight is 477 g/mol. The SMILES string of the molecule is O=C1CC(C(=O)Nc2ccc(F)c(Cl)c2)c2c(nc(SCc3ccccc3F)[nH]c2=O)N1. The van der Waals surface area contributed by atoms with Gasteiger partial charge in [0, 0.05) is 17.9 Å². The highest BCUT2D eigenvalue weighted by molar-refractivity contribution is 7.98. The largest absolute Gasteiger partial charge is 0.325 e. The summed E-state index contributed by atoms with van der Waals surface area (Å²) in [5.74, 6) is -3.08. The maximum absolute atomic E-state index is 13.8. The quantitative estimate of drug-likeness (QED) is 0.380. The molecule has 32 heavy (non-hydrogen) atoms. The highest BCUT2D eigenvalue weighted by Crippen LogP contribution is 2.31. The van der Waals surface area contributed by atoms with E-state index in [9.17, 15) is 23.2 Å². The van der Waals surface area contributed by atoms with E-state index < -0.39 is 29.1 Å². The van der Waals surface area contributed by atoms with Gasteiger partial charge in [0.05, 0.1) is 16.5 Å². The average Bonchev–Trinajstić information content (AvgIpc) is 2.75. The Kier molecular flexibility index (Phi) is 6.24. The molecule has 0 aliphatic carbocycles. The summed E-state index contributed by atoms with van der Waals surface area (Å²) >= 11 is 6.81. The first-order chi connectivity index (χ1) is 15.3. The topological polar surface area (TPSA) is 104 Å². The normalized spacial score (nSPS) is 15.1. The number of rotatable bonds is 5. The number of carbonyl (C=O) groups excluding carboxylic acids is 2. The van der Waals surface area contributed by atoms with Crippen molar-refractivity contribution in [3.8, 4) is 0 Å². The first-order valence-corrected chi connectivity index (χ1v) is 10.7. The van der Waals surface area contributed by atoms with Gasteiger partial charge in [-0.15, -0.1) is 0 Å². The number of nitrogens with zero attached hydrogens (tertiary/aromatic N) is 1. The number of thioether (sulfide) groups is 1. The predicted molar refractivity (Wildman–Crippen MR) is 117 cm³/mol. The number of hydrogen-bond acceptors (Lipinski definition) is 5. The van der Waals surface area contributed by atoms with Crippen molar-refractivity contribution < 1.29 is 18.4 Å². The summed E-state index contributed by atoms with van der Waals surface area (Å²) in [6.07, 6.45) is -0.264. The Bertz CT molecular complexity index is 1280. The smallest absolute Gasteiger partial charge is 0.257 e. The molecule has 2 heterocycles. The Balaban J connectivity index is 1.58. The standard InChI is InChI=1S/C21H15ClF2N4O3S/c22-13-7-11(5-6-15(13)24)25-19(30)12-8-16(29)26-18-17(12)20(31)28-21(27-18)32-9-10-3-1-2-4-14(10)23/h1-7,12H,8-9H2,(H,25,30)(H2,26,27,28,29,31). The van der Waals surface area contributed by atoms with Crippen LogP contribution in [0, 0.1) is 11.6 Å². The third kappa shape index (κ3) is 4.66. The van der Waals surface area contributed by atoms with Crippen molar-refractivity contribution in [2.24, 2.45) is 0 Å². The lowest BCUT2D eigenvalue weighted by molar-refractivity contribution is -0.123. The maximum Gasteiger partial charge on any atom is 0.257 e. The molecule has 1 aliphatic heterocycles. The van der Waals surface area contributed by atoms with Gasteiger partial charge >= 0.3 is 0 Å². The minimum absolute atomic E-state index is 0.00514. The molecule has 0 radical (unpaired) electrons. The van der Waals surface area contributed by atoms with Gasteiger partial charge in [-0.25, -0.2) is 13.8 Å². The Hall–Kier alpha value is -3.24. The van der Waals surface area contributed by atoms with E-state index in [1.165, 1.54) is 18.2 Å². The summed E-state index contributed by atoms with van der Waals surface area (Å²) in [4.78, 5) is 44.5. The maximum atomic E-state index is 13.8. The highest BCUT2D eigenvalue weighted by Gasteiger charge is 2.34. The molecule has 1 atom stereocenters. The van der Waals surface area contributed by atoms with Crippen molar-refractivity contribution >= 4 is 46.7 Å². The van der Waals surface area contributed by atoms with E-state index in [2.05, 4.69) is 20.6 Å². The number of benzene rings is 2. The number of aromatic amines is 1. The van der Waals surface area contributed by atoms with E-state index in [4.69, 9.17) is 11.6 Å². The molecule has 0 fully saturated rings. The Labute approximate surface area is 189 Å². The van der Waals surface area contributed by atoms with Crippen LogP contribution in [0.3, 0.4) is 0 Å². The predicted octanol–water partition coefficient (Wildman–Crippen LogP) is 4.06. The molecule has 164 valence electrons. The number of halogens is 3. The minimum Gasteiger partial charge on any atom is -0.325 e. The van der Waals surface area contributed by atoms with Gasteiger partial charge in [-0.3, -0.25) is 14.4 Å². The van der Waals surface area contributed by atoms with Crippen LogP contribution in [0.25, 0.3) is 0 Å². The van der Waals surface area contributed by atoms with Gasteiger partial charge in [0.15, 0.2) is 5.16 Å². The van der Waals surface area contributed by atoms with E-state index in [0.717, 1.165) is 17.8 Å². The molecule has 0 saturated heterocycles. The van der Waals surface area contributed by atoms with Crippen LogP contribution in [0.4, 0.5) is 20.3 Å². The van der Waals surface area contributed by atoms with Gasteiger partial charge in [0.1, 0.15) is 17.5 Å². The Morgan fingerprint density at radius 1 is 1.19 bits per heavy atom. The zero-order chi connectivity index (χ0) is 22.8. The van der Waals surface area contributed by atoms with Crippen LogP contribution < -0.4 is 16.2 Å². The van der Waals surface area contributed by atoms with E-state index in [1.807, 2.05) is 0 Å². The van der Waals surface area contributed by atoms with Gasteiger partial charge in [-0.2, -0.15) is 0 Å². The van der Waals surface area contributed by atoms with Gasteiger partial charge in [-0.1, -0.05) is 41.6 Å². The van der Waals surface area contributed by atoms with Crippen molar-refractivity contribution in [2.45, 2.75) is 23.2 Å². The summed E-state index contributed by atoms with van der Waals surface area (Å²) in [5.41, 5.74) is 0.0568. The number of aromatic nitrogens is 2. The van der Waals surface area contributed by atoms with E-state index >= 15 is 0 Å². The van der Waals surface area contributed by atoms with Crippen molar-refractivity contribution in [2.75, 3.05) is 10.6 Å². The molecule has 2 aromatic carbocycles. The number of amides is 2. The van der Waals surface area contributed by atoms with Gasteiger partial charge in [0.2, 0.25) is 11.8 Å². The lowest BCUT2D eigenvalue weighted by Crippen LogP contribution is -2.36. The number of carbonyl (C=O) groups is 2. The van der Waals surface area contributed by atoms with Gasteiger partial charge < -0.3 is 15.6 Å². The van der Waals surface area contributed by atoms with Crippen molar-refractivity contribution in [1.82, 2.24) is 9.97 Å². The van der Waals surface area contributed by atoms with Crippen LogP contribution in [0.15, 0.2) is 52.4 Å². The number of fused-ring (bicyclic) bond motifs is 1. The monoisotopic (exact) mass is 476 g/mol. The van der Waals surface area contributed by atoms with Crippen molar-refractivity contribution in [3.05, 3.63) is 80.6 Å². The lowest BCUT2D eigenvalue weighted by atomic mass is 9.92. The van der Waals surface area contributed by atoms with Gasteiger partial charge in [0.25, 0.3) is 5.56 Å². The summed E-state index contributed by atoms with van der Waals surface area (Å²) in [7, 11) is 0. The molecular weight excluding hydrogens is 462 g/mol. The molecule has 0 saturated carbocycles. The van der Waals surface area contributed by atoms with Crippen molar-refractivity contribution in [1.29, 1.82) is 0 Å². The molecular formula is C21H15ClF2N4O3S. The van der Waals surface area contributed by atoms with E-state index in [1.54, 1.807) is 18.2 Å². The fourth-order valence-electron chi connectivity index (χ4n) is 3.21. The van der Waals surface area contributed by atoms with Crippen molar-refractivity contribution in [3.63, 3.8) is 0 Å². The second kappa shape index (κ2) is 9.09. The molecule has 3 N–H and O–H groups in total. The highest BCUT2D eigenvalue weighted by atomic mass is 35.5. The number of hydrogen-bond donors (Lipinski definition) is 3. The first kappa shape index (κ1) is 22.0.